The van der Waals surface area contributed by atoms with Crippen LogP contribution in [-0.2, 0) is 4.74 Å². The van der Waals surface area contributed by atoms with Crippen molar-refractivity contribution in [1.82, 2.24) is 20.4 Å². The first-order chi connectivity index (χ1) is 12.7. The van der Waals surface area contributed by atoms with Gasteiger partial charge in [0.15, 0.2) is 5.96 Å². The average molecular weight is 495 g/mol. The molecule has 2 rings (SSSR count). The van der Waals surface area contributed by atoms with Gasteiger partial charge >= 0.3 is 0 Å². The summed E-state index contributed by atoms with van der Waals surface area (Å²) in [5.74, 6) is 1.63. The zero-order valence-electron chi connectivity index (χ0n) is 17.7. The van der Waals surface area contributed by atoms with E-state index in [1.165, 1.54) is 45.2 Å². The highest BCUT2D eigenvalue weighted by molar-refractivity contribution is 14.0. The lowest BCUT2D eigenvalue weighted by atomic mass is 10.0. The fourth-order valence-electron chi connectivity index (χ4n) is 3.98. The zero-order chi connectivity index (χ0) is 18.6. The van der Waals surface area contributed by atoms with Crippen molar-refractivity contribution >= 4 is 29.9 Å². The number of aliphatic imine (C=N–C) groups is 1. The molecule has 0 aliphatic carbocycles. The summed E-state index contributed by atoms with van der Waals surface area (Å²) in [6, 6.07) is 0.544. The van der Waals surface area contributed by atoms with E-state index in [1.807, 2.05) is 7.05 Å². The van der Waals surface area contributed by atoms with Crippen LogP contribution in [0, 0.1) is 5.92 Å². The molecule has 0 spiro atoms. The monoisotopic (exact) mass is 495 g/mol. The normalized spacial score (nSPS) is 21.4. The van der Waals surface area contributed by atoms with Crippen molar-refractivity contribution in [2.24, 2.45) is 10.9 Å². The minimum Gasteiger partial charge on any atom is -0.379 e. The standard InChI is InChI=1S/C20H41N5O.HI/c1-18(2)16-19(25-12-14-26-15-13-25)17-23-20(21-3)22-8-11-24-9-6-4-5-7-10-24;/h18-19H,4-17H2,1-3H3,(H2,21,22,23);1H. The Balaban J connectivity index is 0.00000364. The molecule has 2 heterocycles. The van der Waals surface area contributed by atoms with Gasteiger partial charge in [0.05, 0.1) is 13.2 Å². The smallest absolute Gasteiger partial charge is 0.191 e. The predicted molar refractivity (Wildman–Crippen MR) is 125 cm³/mol. The van der Waals surface area contributed by atoms with E-state index in [9.17, 15) is 0 Å². The van der Waals surface area contributed by atoms with E-state index in [1.54, 1.807) is 0 Å². The number of morpholine rings is 1. The minimum atomic E-state index is 0. The van der Waals surface area contributed by atoms with Crippen LogP contribution in [0.25, 0.3) is 0 Å². The lowest BCUT2D eigenvalue weighted by Crippen LogP contribution is -2.51. The fourth-order valence-corrected chi connectivity index (χ4v) is 3.98. The van der Waals surface area contributed by atoms with Gasteiger partial charge in [-0.2, -0.15) is 0 Å². The summed E-state index contributed by atoms with van der Waals surface area (Å²) >= 11 is 0. The van der Waals surface area contributed by atoms with Gasteiger partial charge in [0.2, 0.25) is 0 Å². The molecule has 0 bridgehead atoms. The number of guanidine groups is 1. The van der Waals surface area contributed by atoms with E-state index in [0.717, 1.165) is 51.9 Å². The molecule has 27 heavy (non-hydrogen) atoms. The Hall–Kier alpha value is -0.120. The van der Waals surface area contributed by atoms with Crippen LogP contribution in [0.2, 0.25) is 0 Å². The highest BCUT2D eigenvalue weighted by atomic mass is 127. The second kappa shape index (κ2) is 14.8. The van der Waals surface area contributed by atoms with E-state index in [4.69, 9.17) is 4.74 Å². The van der Waals surface area contributed by atoms with Crippen molar-refractivity contribution in [3.63, 3.8) is 0 Å². The molecule has 0 aromatic heterocycles. The molecule has 2 aliphatic rings. The third-order valence-electron chi connectivity index (χ3n) is 5.45. The lowest BCUT2D eigenvalue weighted by Gasteiger charge is -2.35. The molecule has 0 saturated carbocycles. The van der Waals surface area contributed by atoms with Crippen LogP contribution >= 0.6 is 24.0 Å². The molecule has 0 radical (unpaired) electrons. The minimum absolute atomic E-state index is 0. The largest absolute Gasteiger partial charge is 0.379 e. The van der Waals surface area contributed by atoms with Crippen LogP contribution in [-0.4, -0.2) is 87.9 Å². The number of hydrogen-bond donors (Lipinski definition) is 2. The Labute approximate surface area is 183 Å². The van der Waals surface area contributed by atoms with E-state index >= 15 is 0 Å². The molecule has 2 saturated heterocycles. The Morgan fingerprint density at radius 3 is 2.26 bits per heavy atom. The quantitative estimate of drug-likeness (QED) is 0.308. The van der Waals surface area contributed by atoms with Crippen molar-refractivity contribution in [1.29, 1.82) is 0 Å². The van der Waals surface area contributed by atoms with Crippen molar-refractivity contribution < 1.29 is 4.74 Å². The number of likely N-dealkylation sites (tertiary alicyclic amines) is 1. The number of nitrogens with one attached hydrogen (secondary N) is 2. The van der Waals surface area contributed by atoms with Crippen LogP contribution < -0.4 is 10.6 Å². The summed E-state index contributed by atoms with van der Waals surface area (Å²) in [4.78, 5) is 9.57. The molecule has 7 heteroatoms. The van der Waals surface area contributed by atoms with Gasteiger partial charge in [-0.1, -0.05) is 26.7 Å². The van der Waals surface area contributed by atoms with Gasteiger partial charge in [-0.15, -0.1) is 24.0 Å². The molecular weight excluding hydrogens is 453 g/mol. The maximum absolute atomic E-state index is 5.52. The molecule has 1 unspecified atom stereocenters. The summed E-state index contributed by atoms with van der Waals surface area (Å²) in [5.41, 5.74) is 0. The number of hydrogen-bond acceptors (Lipinski definition) is 4. The van der Waals surface area contributed by atoms with Crippen molar-refractivity contribution in [3.05, 3.63) is 0 Å². The first-order valence-corrected chi connectivity index (χ1v) is 10.7. The molecule has 1 atom stereocenters. The highest BCUT2D eigenvalue weighted by Gasteiger charge is 2.22. The average Bonchev–Trinajstić information content (AvgIpc) is 2.92. The Bertz CT molecular complexity index is 394. The van der Waals surface area contributed by atoms with E-state index in [2.05, 4.69) is 39.3 Å². The van der Waals surface area contributed by atoms with Crippen LogP contribution in [0.5, 0.6) is 0 Å². The van der Waals surface area contributed by atoms with Gasteiger partial charge in [0.25, 0.3) is 0 Å². The molecule has 0 aromatic carbocycles. The van der Waals surface area contributed by atoms with Crippen LogP contribution in [0.4, 0.5) is 0 Å². The van der Waals surface area contributed by atoms with Crippen LogP contribution in [0.15, 0.2) is 4.99 Å². The number of rotatable bonds is 8. The van der Waals surface area contributed by atoms with Crippen molar-refractivity contribution in [2.45, 2.75) is 52.0 Å². The first kappa shape index (κ1) is 24.9. The summed E-state index contributed by atoms with van der Waals surface area (Å²) in [7, 11) is 1.87. The molecule has 6 nitrogen and oxygen atoms in total. The van der Waals surface area contributed by atoms with E-state index < -0.39 is 0 Å². The fraction of sp³-hybridized carbons (Fsp3) is 0.950. The van der Waals surface area contributed by atoms with Gasteiger partial charge < -0.3 is 20.3 Å². The van der Waals surface area contributed by atoms with Gasteiger partial charge in [0, 0.05) is 45.8 Å². The van der Waals surface area contributed by atoms with Gasteiger partial charge in [-0.05, 0) is 38.3 Å². The summed E-state index contributed by atoms with van der Waals surface area (Å²) in [5, 5.41) is 7.06. The number of nitrogens with zero attached hydrogens (tertiary/aromatic N) is 3. The van der Waals surface area contributed by atoms with E-state index in [0.29, 0.717) is 12.0 Å². The van der Waals surface area contributed by atoms with Gasteiger partial charge in [0.1, 0.15) is 0 Å². The Kier molecular flexibility index (Phi) is 13.7. The van der Waals surface area contributed by atoms with Crippen molar-refractivity contribution in [3.8, 4) is 0 Å². The first-order valence-electron chi connectivity index (χ1n) is 10.7. The van der Waals surface area contributed by atoms with Crippen molar-refractivity contribution in [2.75, 3.05) is 66.1 Å². The summed E-state index contributed by atoms with van der Waals surface area (Å²) < 4.78 is 5.52. The third kappa shape index (κ3) is 10.3. The van der Waals surface area contributed by atoms with Crippen LogP contribution in [0.1, 0.15) is 46.0 Å². The number of ether oxygens (including phenoxy) is 1. The SMILES string of the molecule is CN=C(NCCN1CCCCCC1)NCC(CC(C)C)N1CCOCC1.I. The zero-order valence-corrected chi connectivity index (χ0v) is 20.0. The second-order valence-electron chi connectivity index (χ2n) is 8.07. The Morgan fingerprint density at radius 2 is 1.67 bits per heavy atom. The predicted octanol–water partition coefficient (Wildman–Crippen LogP) is 2.39. The summed E-state index contributed by atoms with van der Waals surface area (Å²) in [6.45, 7) is 13.9. The molecule has 0 amide bonds. The van der Waals surface area contributed by atoms with Crippen LogP contribution in [0.3, 0.4) is 0 Å². The van der Waals surface area contributed by atoms with Gasteiger partial charge in [-0.25, -0.2) is 0 Å². The maximum atomic E-state index is 5.52. The van der Waals surface area contributed by atoms with E-state index in [-0.39, 0.29) is 24.0 Å². The number of halogens is 1. The lowest BCUT2D eigenvalue weighted by molar-refractivity contribution is 0.0132. The maximum Gasteiger partial charge on any atom is 0.191 e. The molecular formula is C20H42IN5O. The molecule has 160 valence electrons. The summed E-state index contributed by atoms with van der Waals surface area (Å²) in [6.07, 6.45) is 6.70. The second-order valence-corrected chi connectivity index (χ2v) is 8.07. The Morgan fingerprint density at radius 1 is 1.00 bits per heavy atom. The molecule has 2 fully saturated rings. The molecule has 2 N–H and O–H groups in total. The third-order valence-corrected chi connectivity index (χ3v) is 5.45. The highest BCUT2D eigenvalue weighted by Crippen LogP contribution is 2.13. The topological polar surface area (TPSA) is 52.1 Å². The molecule has 2 aliphatic heterocycles. The molecule has 0 aromatic rings. The van der Waals surface area contributed by atoms with Gasteiger partial charge in [-0.3, -0.25) is 9.89 Å².